The number of hydrogen-bond donors (Lipinski definition) is 1. The predicted molar refractivity (Wildman–Crippen MR) is 81.7 cm³/mol. The minimum Gasteiger partial charge on any atom is -0.395 e. The molecule has 0 saturated carbocycles. The summed E-state index contributed by atoms with van der Waals surface area (Å²) >= 11 is 0. The summed E-state index contributed by atoms with van der Waals surface area (Å²) in [5, 5.41) is 8.78. The van der Waals surface area contributed by atoms with Crippen LogP contribution in [-0.4, -0.2) is 40.6 Å². The average molecular weight is 286 g/mol. The summed E-state index contributed by atoms with van der Waals surface area (Å²) in [6, 6.07) is 1.73. The van der Waals surface area contributed by atoms with Crippen molar-refractivity contribution in [2.75, 3.05) is 19.7 Å². The molecule has 2 rings (SSSR count). The number of amides is 1. The highest BCUT2D eigenvalue weighted by atomic mass is 16.2. The molecule has 1 aliphatic rings. The lowest BCUT2D eigenvalue weighted by molar-refractivity contribution is 0.0783. The monoisotopic (exact) mass is 286 g/mol. The molecule has 1 fully saturated rings. The molecular weight excluding hydrogens is 264 g/mol. The number of rotatable bonds is 3. The van der Waals surface area contributed by atoms with Crippen LogP contribution in [0, 0.1) is 23.7 Å². The second-order valence-corrected chi connectivity index (χ2v) is 5.74. The summed E-state index contributed by atoms with van der Waals surface area (Å²) in [6.45, 7) is 6.07. The number of aromatic nitrogens is 1. The summed E-state index contributed by atoms with van der Waals surface area (Å²) in [5.74, 6) is 7.01. The number of pyridine rings is 1. The molecule has 4 nitrogen and oxygen atoms in total. The van der Waals surface area contributed by atoms with Crippen LogP contribution in [0.15, 0.2) is 18.5 Å². The Balaban J connectivity index is 2.15. The van der Waals surface area contributed by atoms with E-state index in [9.17, 15) is 4.79 Å². The van der Waals surface area contributed by atoms with E-state index < -0.39 is 0 Å². The van der Waals surface area contributed by atoms with Crippen molar-refractivity contribution in [2.45, 2.75) is 26.7 Å². The zero-order valence-electron chi connectivity index (χ0n) is 12.7. The van der Waals surface area contributed by atoms with Crippen molar-refractivity contribution in [3.8, 4) is 11.8 Å². The molecule has 1 N–H and O–H groups in total. The van der Waals surface area contributed by atoms with E-state index >= 15 is 0 Å². The van der Waals surface area contributed by atoms with Crippen LogP contribution in [0.1, 0.15) is 42.6 Å². The molecule has 112 valence electrons. The molecular formula is C17H22N2O2. The van der Waals surface area contributed by atoms with Gasteiger partial charge in [0.1, 0.15) is 0 Å². The number of carbonyl (C=O) groups is 1. The smallest absolute Gasteiger partial charge is 0.255 e. The second kappa shape index (κ2) is 7.24. The first-order valence-corrected chi connectivity index (χ1v) is 7.46. The van der Waals surface area contributed by atoms with Crippen molar-refractivity contribution in [1.29, 1.82) is 0 Å². The lowest BCUT2D eigenvalue weighted by Crippen LogP contribution is -2.30. The normalized spacial score (nSPS) is 17.7. The maximum atomic E-state index is 12.6. The quantitative estimate of drug-likeness (QED) is 0.864. The molecule has 0 spiro atoms. The summed E-state index contributed by atoms with van der Waals surface area (Å²) in [5.41, 5.74) is 1.25. The van der Waals surface area contributed by atoms with Gasteiger partial charge in [-0.15, -0.1) is 0 Å². The van der Waals surface area contributed by atoms with Gasteiger partial charge in [-0.1, -0.05) is 25.7 Å². The highest BCUT2D eigenvalue weighted by Gasteiger charge is 2.29. The van der Waals surface area contributed by atoms with Crippen molar-refractivity contribution in [1.82, 2.24) is 9.88 Å². The third-order valence-corrected chi connectivity index (χ3v) is 3.97. The van der Waals surface area contributed by atoms with Gasteiger partial charge in [0.2, 0.25) is 0 Å². The molecule has 1 aromatic rings. The van der Waals surface area contributed by atoms with E-state index in [1.165, 1.54) is 0 Å². The van der Waals surface area contributed by atoms with Gasteiger partial charge in [0, 0.05) is 31.9 Å². The standard InChI is InChI=1S/C17H22N2O2/c1-13(2)15-7-9-19(12-15)17(21)16-6-8-18-11-14(16)5-3-4-10-20/h6,8,11,13,15,20H,4,7,9-10,12H2,1-2H3. The van der Waals surface area contributed by atoms with Crippen LogP contribution in [0.4, 0.5) is 0 Å². The third kappa shape index (κ3) is 3.83. The van der Waals surface area contributed by atoms with Crippen LogP contribution >= 0.6 is 0 Å². The topological polar surface area (TPSA) is 53.4 Å². The third-order valence-electron chi connectivity index (χ3n) is 3.97. The van der Waals surface area contributed by atoms with E-state index in [2.05, 4.69) is 30.7 Å². The number of hydrogen-bond acceptors (Lipinski definition) is 3. The van der Waals surface area contributed by atoms with Gasteiger partial charge < -0.3 is 10.0 Å². The van der Waals surface area contributed by atoms with E-state index in [4.69, 9.17) is 5.11 Å². The van der Waals surface area contributed by atoms with Gasteiger partial charge in [-0.05, 0) is 24.3 Å². The number of nitrogens with zero attached hydrogens (tertiary/aromatic N) is 2. The van der Waals surface area contributed by atoms with Gasteiger partial charge in [-0.3, -0.25) is 9.78 Å². The highest BCUT2D eigenvalue weighted by Crippen LogP contribution is 2.25. The fraction of sp³-hybridized carbons (Fsp3) is 0.529. The molecule has 1 unspecified atom stereocenters. The van der Waals surface area contributed by atoms with Crippen LogP contribution in [-0.2, 0) is 0 Å². The Labute approximate surface area is 126 Å². The molecule has 4 heteroatoms. The SMILES string of the molecule is CC(C)C1CCN(C(=O)c2ccncc2C#CCCO)C1. The Morgan fingerprint density at radius 3 is 3.05 bits per heavy atom. The van der Waals surface area contributed by atoms with Crippen molar-refractivity contribution in [3.63, 3.8) is 0 Å². The van der Waals surface area contributed by atoms with Gasteiger partial charge in [-0.2, -0.15) is 0 Å². The highest BCUT2D eigenvalue weighted by molar-refractivity contribution is 5.96. The molecule has 0 aliphatic carbocycles. The first kappa shape index (κ1) is 15.5. The lowest BCUT2D eigenvalue weighted by Gasteiger charge is -2.18. The largest absolute Gasteiger partial charge is 0.395 e. The van der Waals surface area contributed by atoms with E-state index in [1.54, 1.807) is 18.5 Å². The Kier molecular flexibility index (Phi) is 5.35. The van der Waals surface area contributed by atoms with Crippen LogP contribution in [0.25, 0.3) is 0 Å². The summed E-state index contributed by atoms with van der Waals surface area (Å²) in [4.78, 5) is 18.6. The fourth-order valence-corrected chi connectivity index (χ4v) is 2.58. The maximum Gasteiger partial charge on any atom is 0.255 e. The van der Waals surface area contributed by atoms with Crippen LogP contribution in [0.5, 0.6) is 0 Å². The number of likely N-dealkylation sites (tertiary alicyclic amines) is 1. The molecule has 0 bridgehead atoms. The van der Waals surface area contributed by atoms with Crippen molar-refractivity contribution in [3.05, 3.63) is 29.6 Å². The van der Waals surface area contributed by atoms with Crippen LogP contribution in [0.2, 0.25) is 0 Å². The van der Waals surface area contributed by atoms with Gasteiger partial charge in [0.25, 0.3) is 5.91 Å². The van der Waals surface area contributed by atoms with E-state index in [-0.39, 0.29) is 12.5 Å². The molecule has 1 atom stereocenters. The molecule has 1 amide bonds. The minimum absolute atomic E-state index is 0.0265. The van der Waals surface area contributed by atoms with E-state index in [0.29, 0.717) is 29.4 Å². The first-order valence-electron chi connectivity index (χ1n) is 7.46. The molecule has 0 radical (unpaired) electrons. The number of carbonyl (C=O) groups excluding carboxylic acids is 1. The van der Waals surface area contributed by atoms with Crippen LogP contribution in [0.3, 0.4) is 0 Å². The first-order chi connectivity index (χ1) is 10.1. The van der Waals surface area contributed by atoms with Gasteiger partial charge in [0.05, 0.1) is 17.7 Å². The maximum absolute atomic E-state index is 12.6. The number of aliphatic hydroxyl groups is 1. The van der Waals surface area contributed by atoms with E-state index in [1.807, 2.05) is 4.90 Å². The zero-order chi connectivity index (χ0) is 15.2. The van der Waals surface area contributed by atoms with Crippen molar-refractivity contribution in [2.24, 2.45) is 11.8 Å². The molecule has 21 heavy (non-hydrogen) atoms. The summed E-state index contributed by atoms with van der Waals surface area (Å²) in [7, 11) is 0. The number of aliphatic hydroxyl groups excluding tert-OH is 1. The predicted octanol–water partition coefficient (Wildman–Crippen LogP) is 1.93. The fourth-order valence-electron chi connectivity index (χ4n) is 2.58. The average Bonchev–Trinajstić information content (AvgIpc) is 2.97. The van der Waals surface area contributed by atoms with Gasteiger partial charge in [-0.25, -0.2) is 0 Å². The zero-order valence-corrected chi connectivity index (χ0v) is 12.7. The summed E-state index contributed by atoms with van der Waals surface area (Å²) in [6.07, 6.45) is 4.72. The van der Waals surface area contributed by atoms with Gasteiger partial charge in [0.15, 0.2) is 0 Å². The molecule has 2 heterocycles. The van der Waals surface area contributed by atoms with Crippen molar-refractivity contribution < 1.29 is 9.90 Å². The van der Waals surface area contributed by atoms with Crippen molar-refractivity contribution >= 4 is 5.91 Å². The van der Waals surface area contributed by atoms with Gasteiger partial charge >= 0.3 is 0 Å². The van der Waals surface area contributed by atoms with Crippen LogP contribution < -0.4 is 0 Å². The minimum atomic E-state index is 0.0265. The second-order valence-electron chi connectivity index (χ2n) is 5.74. The Bertz CT molecular complexity index is 557. The molecule has 1 aliphatic heterocycles. The Hall–Kier alpha value is -1.86. The molecule has 1 saturated heterocycles. The Morgan fingerprint density at radius 2 is 2.38 bits per heavy atom. The molecule has 1 aromatic heterocycles. The molecule has 0 aromatic carbocycles. The summed E-state index contributed by atoms with van der Waals surface area (Å²) < 4.78 is 0. The lowest BCUT2D eigenvalue weighted by atomic mass is 9.95. The van der Waals surface area contributed by atoms with E-state index in [0.717, 1.165) is 19.5 Å². The Morgan fingerprint density at radius 1 is 1.57 bits per heavy atom.